The number of rotatable bonds is 3. The summed E-state index contributed by atoms with van der Waals surface area (Å²) < 4.78 is 0. The van der Waals surface area contributed by atoms with Crippen LogP contribution in [0.2, 0.25) is 0 Å². The van der Waals surface area contributed by atoms with Gasteiger partial charge in [-0.05, 0) is 68.6 Å². The summed E-state index contributed by atoms with van der Waals surface area (Å²) in [6.45, 7) is 10.9. The molecule has 5 heteroatoms. The summed E-state index contributed by atoms with van der Waals surface area (Å²) in [6.07, 6.45) is 2.16. The van der Waals surface area contributed by atoms with E-state index in [0.29, 0.717) is 18.4 Å². The number of nitrogens with one attached hydrogen (secondary N) is 1. The highest BCUT2D eigenvalue weighted by molar-refractivity contribution is 5.79. The average Bonchev–Trinajstić information content (AvgIpc) is 2.46. The van der Waals surface area contributed by atoms with Gasteiger partial charge in [0.1, 0.15) is 0 Å². The molecule has 0 aliphatic heterocycles. The maximum absolute atomic E-state index is 12.3. The van der Waals surface area contributed by atoms with Gasteiger partial charge in [0.2, 0.25) is 5.91 Å². The first-order valence-electron chi connectivity index (χ1n) is 8.88. The van der Waals surface area contributed by atoms with Crippen molar-refractivity contribution in [3.63, 3.8) is 0 Å². The van der Waals surface area contributed by atoms with Crippen molar-refractivity contribution in [1.29, 1.82) is 0 Å². The van der Waals surface area contributed by atoms with Crippen molar-refractivity contribution in [1.82, 2.24) is 5.32 Å². The Labute approximate surface area is 150 Å². The molecule has 1 fully saturated rings. The molecule has 1 saturated carbocycles. The molecule has 3 N–H and O–H groups in total. The van der Waals surface area contributed by atoms with Crippen LogP contribution in [0, 0.1) is 32.6 Å². The number of carbonyl (C=O) groups excluding carboxylic acids is 1. The number of carbonyl (C=O) groups is 2. The van der Waals surface area contributed by atoms with Crippen LogP contribution in [0.4, 0.5) is 4.79 Å². The van der Waals surface area contributed by atoms with E-state index in [2.05, 4.69) is 52.1 Å². The summed E-state index contributed by atoms with van der Waals surface area (Å²) in [5.41, 5.74) is 4.92. The fraction of sp³-hybridized carbons (Fsp3) is 0.600. The van der Waals surface area contributed by atoms with Crippen LogP contribution in [0.3, 0.4) is 0 Å². The minimum Gasteiger partial charge on any atom is -0.450 e. The SMILES string of the molecule is Cc1cc(C)c(CC(=O)NC2CCC(C)C(C)C2)c(C)c1.O=C(O)O. The van der Waals surface area contributed by atoms with Crippen LogP contribution in [-0.2, 0) is 11.2 Å². The monoisotopic (exact) mass is 349 g/mol. The number of aryl methyl sites for hydroxylation is 3. The summed E-state index contributed by atoms with van der Waals surface area (Å²) in [7, 11) is 0. The fourth-order valence-corrected chi connectivity index (χ4v) is 3.61. The van der Waals surface area contributed by atoms with Crippen LogP contribution in [0.5, 0.6) is 0 Å². The van der Waals surface area contributed by atoms with E-state index in [4.69, 9.17) is 15.0 Å². The largest absolute Gasteiger partial charge is 0.503 e. The Balaban J connectivity index is 0.000000705. The van der Waals surface area contributed by atoms with Crippen LogP contribution in [0.15, 0.2) is 12.1 Å². The topological polar surface area (TPSA) is 86.6 Å². The van der Waals surface area contributed by atoms with Gasteiger partial charge in [-0.1, -0.05) is 31.5 Å². The quantitative estimate of drug-likeness (QED) is 0.758. The molecule has 0 saturated heterocycles. The molecule has 0 spiro atoms. The molecule has 0 aromatic heterocycles. The second-order valence-electron chi connectivity index (χ2n) is 7.37. The van der Waals surface area contributed by atoms with Gasteiger partial charge in [0.25, 0.3) is 0 Å². The minimum atomic E-state index is -1.83. The van der Waals surface area contributed by atoms with E-state index in [1.807, 2.05) is 0 Å². The van der Waals surface area contributed by atoms with Gasteiger partial charge in [-0.2, -0.15) is 0 Å². The van der Waals surface area contributed by atoms with Gasteiger partial charge in [0.05, 0.1) is 6.42 Å². The second kappa shape index (κ2) is 9.44. The normalized spacial score (nSPS) is 22.5. The molecular weight excluding hydrogens is 318 g/mol. The van der Waals surface area contributed by atoms with Gasteiger partial charge in [-0.25, -0.2) is 4.79 Å². The number of benzene rings is 1. The highest BCUT2D eigenvalue weighted by atomic mass is 16.6. The van der Waals surface area contributed by atoms with Gasteiger partial charge < -0.3 is 15.5 Å². The lowest BCUT2D eigenvalue weighted by atomic mass is 9.79. The molecule has 25 heavy (non-hydrogen) atoms. The molecule has 1 aliphatic carbocycles. The Morgan fingerprint density at radius 2 is 1.56 bits per heavy atom. The Bertz CT molecular complexity index is 585. The third-order valence-corrected chi connectivity index (χ3v) is 5.14. The Kier molecular flexibility index (Phi) is 7.94. The van der Waals surface area contributed by atoms with E-state index in [0.717, 1.165) is 18.8 Å². The van der Waals surface area contributed by atoms with Gasteiger partial charge in [0, 0.05) is 6.04 Å². The maximum atomic E-state index is 12.3. The number of carboxylic acid groups (broad SMARTS) is 2. The van der Waals surface area contributed by atoms with E-state index >= 15 is 0 Å². The Hall–Kier alpha value is -2.04. The Morgan fingerprint density at radius 1 is 1.04 bits per heavy atom. The molecular formula is C20H31NO4. The zero-order valence-corrected chi connectivity index (χ0v) is 15.9. The second-order valence-corrected chi connectivity index (χ2v) is 7.37. The number of amides is 1. The van der Waals surface area contributed by atoms with Crippen molar-refractivity contribution >= 4 is 12.1 Å². The molecule has 1 aliphatic rings. The van der Waals surface area contributed by atoms with Gasteiger partial charge in [0.15, 0.2) is 0 Å². The molecule has 2 rings (SSSR count). The fourth-order valence-electron chi connectivity index (χ4n) is 3.61. The van der Waals surface area contributed by atoms with Gasteiger partial charge in [-0.3, -0.25) is 4.79 Å². The van der Waals surface area contributed by atoms with Crippen LogP contribution >= 0.6 is 0 Å². The standard InChI is InChI=1S/C19H29NO.CH2O3/c1-12-8-15(4)18(16(5)9-12)11-19(21)20-17-7-6-13(2)14(3)10-17;2-1(3)4/h8-9,13-14,17H,6-7,10-11H2,1-5H3,(H,20,21);(H2,2,3,4). The van der Waals surface area contributed by atoms with Crippen molar-refractivity contribution in [2.45, 2.75) is 66.3 Å². The first-order valence-corrected chi connectivity index (χ1v) is 8.88. The van der Waals surface area contributed by atoms with Crippen LogP contribution in [-0.4, -0.2) is 28.3 Å². The predicted octanol–water partition coefficient (Wildman–Crippen LogP) is 4.32. The van der Waals surface area contributed by atoms with E-state index in [-0.39, 0.29) is 5.91 Å². The lowest BCUT2D eigenvalue weighted by molar-refractivity contribution is -0.121. The van der Waals surface area contributed by atoms with Crippen molar-refractivity contribution < 1.29 is 19.8 Å². The first-order chi connectivity index (χ1) is 11.6. The number of hydrogen-bond donors (Lipinski definition) is 3. The van der Waals surface area contributed by atoms with E-state index < -0.39 is 6.16 Å². The Morgan fingerprint density at radius 3 is 2.04 bits per heavy atom. The van der Waals surface area contributed by atoms with Crippen molar-refractivity contribution in [3.8, 4) is 0 Å². The molecule has 0 radical (unpaired) electrons. The average molecular weight is 349 g/mol. The lowest BCUT2D eigenvalue weighted by Crippen LogP contribution is -2.40. The van der Waals surface area contributed by atoms with Crippen LogP contribution < -0.4 is 5.32 Å². The third kappa shape index (κ3) is 7.16. The van der Waals surface area contributed by atoms with E-state index in [9.17, 15) is 4.79 Å². The summed E-state index contributed by atoms with van der Waals surface area (Å²) >= 11 is 0. The highest BCUT2D eigenvalue weighted by Gasteiger charge is 2.25. The smallest absolute Gasteiger partial charge is 0.450 e. The van der Waals surface area contributed by atoms with Crippen molar-refractivity contribution in [2.75, 3.05) is 0 Å². The molecule has 0 heterocycles. The summed E-state index contributed by atoms with van der Waals surface area (Å²) in [4.78, 5) is 20.9. The molecule has 1 aromatic carbocycles. The van der Waals surface area contributed by atoms with Crippen molar-refractivity contribution in [2.24, 2.45) is 11.8 Å². The first kappa shape index (κ1) is 21.0. The predicted molar refractivity (Wildman–Crippen MR) is 99.1 cm³/mol. The summed E-state index contributed by atoms with van der Waals surface area (Å²) in [5, 5.41) is 17.2. The molecule has 5 nitrogen and oxygen atoms in total. The van der Waals surface area contributed by atoms with Gasteiger partial charge in [-0.15, -0.1) is 0 Å². The molecule has 3 atom stereocenters. The zero-order chi connectivity index (χ0) is 19.1. The number of hydrogen-bond acceptors (Lipinski definition) is 2. The van der Waals surface area contributed by atoms with E-state index in [1.54, 1.807) is 0 Å². The maximum Gasteiger partial charge on any atom is 0.503 e. The van der Waals surface area contributed by atoms with Crippen LogP contribution in [0.25, 0.3) is 0 Å². The summed E-state index contributed by atoms with van der Waals surface area (Å²) in [5.74, 6) is 1.68. The summed E-state index contributed by atoms with van der Waals surface area (Å²) in [6, 6.07) is 4.70. The molecule has 0 bridgehead atoms. The minimum absolute atomic E-state index is 0.178. The lowest BCUT2D eigenvalue weighted by Gasteiger charge is -2.32. The highest BCUT2D eigenvalue weighted by Crippen LogP contribution is 2.29. The van der Waals surface area contributed by atoms with E-state index in [1.165, 1.54) is 28.7 Å². The van der Waals surface area contributed by atoms with Crippen molar-refractivity contribution in [3.05, 3.63) is 34.4 Å². The molecule has 140 valence electrons. The molecule has 1 aromatic rings. The third-order valence-electron chi connectivity index (χ3n) is 5.14. The molecule has 1 amide bonds. The van der Waals surface area contributed by atoms with Crippen LogP contribution in [0.1, 0.15) is 55.4 Å². The zero-order valence-electron chi connectivity index (χ0n) is 15.9. The van der Waals surface area contributed by atoms with Gasteiger partial charge >= 0.3 is 6.16 Å². The molecule has 3 unspecified atom stereocenters.